The molecule has 0 fully saturated rings. The van der Waals surface area contributed by atoms with Crippen molar-refractivity contribution in [3.63, 3.8) is 0 Å². The summed E-state index contributed by atoms with van der Waals surface area (Å²) in [5, 5.41) is 47.7. The molecule has 65 heavy (non-hydrogen) atoms. The Hall–Kier alpha value is -5.61. The van der Waals surface area contributed by atoms with Crippen LogP contribution in [0, 0.1) is 5.92 Å². The number of aliphatic hydroxyl groups excluding tert-OH is 3. The molecule has 0 saturated heterocycles. The Balaban J connectivity index is 1.22. The summed E-state index contributed by atoms with van der Waals surface area (Å²) in [4.78, 5) is 48.2. The number of fused-ring (bicyclic) bond motifs is 3. The topological polar surface area (TPSA) is 184 Å². The van der Waals surface area contributed by atoms with Crippen molar-refractivity contribution in [1.29, 1.82) is 0 Å². The molecule has 2 unspecified atom stereocenters. The summed E-state index contributed by atoms with van der Waals surface area (Å²) in [6.07, 6.45) is 7.46. The van der Waals surface area contributed by atoms with Crippen molar-refractivity contribution in [2.24, 2.45) is 5.92 Å². The Morgan fingerprint density at radius 3 is 1.74 bits per heavy atom. The van der Waals surface area contributed by atoms with Gasteiger partial charge in [0.15, 0.2) is 5.60 Å². The Bertz CT molecular complexity index is 2340. The highest BCUT2D eigenvalue weighted by molar-refractivity contribution is 6.10. The number of amides is 3. The molecule has 0 spiro atoms. The Labute approximate surface area is 381 Å². The fraction of sp³-hybridized carbons (Fsp3) is 0.431. The van der Waals surface area contributed by atoms with Crippen LogP contribution in [-0.2, 0) is 39.4 Å². The van der Waals surface area contributed by atoms with E-state index in [4.69, 9.17) is 9.47 Å². The summed E-state index contributed by atoms with van der Waals surface area (Å²) >= 11 is 0. The van der Waals surface area contributed by atoms with E-state index >= 15 is 0 Å². The highest BCUT2D eigenvalue weighted by Gasteiger charge is 2.53. The lowest BCUT2D eigenvalue weighted by Crippen LogP contribution is -2.49. The van der Waals surface area contributed by atoms with Gasteiger partial charge in [0, 0.05) is 42.7 Å². The van der Waals surface area contributed by atoms with Gasteiger partial charge in [0.2, 0.25) is 11.8 Å². The number of carbonyl (C=O) groups is 3. The molecule has 0 aliphatic carbocycles. The lowest BCUT2D eigenvalue weighted by atomic mass is 9.82. The minimum Gasteiger partial charge on any atom is -0.494 e. The van der Waals surface area contributed by atoms with Crippen molar-refractivity contribution in [1.82, 2.24) is 10.6 Å². The molecule has 14 nitrogen and oxygen atoms in total. The standard InChI is InChI=1S/C51H63N5O9/c1-4-64-40-18-21-45-36(28-40)30-43(52-23-7-10-26-58)48(60)55(45)38-15-13-35(14-16-38)33-54-47-20-17-39(32-42(47)51(63,50(54)62)34(3)12-6-9-25-57)56-46-22-19-41(65-5-2)29-37(46)31-44(49(56)61)53-24-8-11-27-59/h6,12-22,28-29,32,34,43-44,52-53,57-59,63H,4-5,7-11,23-27,30-31,33H2,1-3H3/b12-6+/t34-,43?,44?,51+/m0/s1. The van der Waals surface area contributed by atoms with E-state index in [2.05, 4.69) is 10.6 Å². The van der Waals surface area contributed by atoms with Gasteiger partial charge in [0.25, 0.3) is 5.91 Å². The van der Waals surface area contributed by atoms with Crippen LogP contribution in [-0.4, -0.2) is 96.4 Å². The largest absolute Gasteiger partial charge is 0.494 e. The number of nitrogens with one attached hydrogen (secondary N) is 2. The smallest absolute Gasteiger partial charge is 0.264 e. The molecule has 4 aromatic rings. The van der Waals surface area contributed by atoms with Crippen LogP contribution < -0.4 is 34.8 Å². The predicted molar refractivity (Wildman–Crippen MR) is 251 cm³/mol. The summed E-state index contributed by atoms with van der Waals surface area (Å²) in [5.41, 5.74) is 4.08. The van der Waals surface area contributed by atoms with Gasteiger partial charge in [-0.15, -0.1) is 0 Å². The van der Waals surface area contributed by atoms with Crippen LogP contribution in [0.3, 0.4) is 0 Å². The number of carbonyl (C=O) groups excluding carboxylic acids is 3. The maximum Gasteiger partial charge on any atom is 0.264 e. The van der Waals surface area contributed by atoms with Gasteiger partial charge in [0.05, 0.1) is 48.9 Å². The number of hydrogen-bond donors (Lipinski definition) is 6. The first-order valence-corrected chi connectivity index (χ1v) is 23.0. The molecule has 0 radical (unpaired) electrons. The van der Waals surface area contributed by atoms with Crippen molar-refractivity contribution in [2.45, 2.75) is 89.9 Å². The first-order valence-electron chi connectivity index (χ1n) is 23.0. The molecule has 3 aliphatic rings. The number of ether oxygens (including phenoxy) is 2. The van der Waals surface area contributed by atoms with Crippen LogP contribution in [0.25, 0.3) is 0 Å². The molecule has 0 saturated carbocycles. The molecule has 3 aliphatic heterocycles. The predicted octanol–water partition coefficient (Wildman–Crippen LogP) is 5.70. The molecule has 4 atom stereocenters. The summed E-state index contributed by atoms with van der Waals surface area (Å²) in [5.74, 6) is -0.0912. The second kappa shape index (κ2) is 21.6. The molecular formula is C51H63N5O9. The van der Waals surface area contributed by atoms with Crippen LogP contribution in [0.1, 0.15) is 75.1 Å². The van der Waals surface area contributed by atoms with Crippen molar-refractivity contribution < 1.29 is 44.3 Å². The first kappa shape index (κ1) is 47.4. The maximum atomic E-state index is 14.8. The zero-order chi connectivity index (χ0) is 46.1. The van der Waals surface area contributed by atoms with Crippen LogP contribution in [0.15, 0.2) is 91.0 Å². The minimum atomic E-state index is -2.01. The summed E-state index contributed by atoms with van der Waals surface area (Å²) < 4.78 is 11.6. The van der Waals surface area contributed by atoms with E-state index in [9.17, 15) is 34.8 Å². The van der Waals surface area contributed by atoms with Gasteiger partial charge >= 0.3 is 0 Å². The average molecular weight is 890 g/mol. The van der Waals surface area contributed by atoms with E-state index < -0.39 is 29.5 Å². The highest BCUT2D eigenvalue weighted by atomic mass is 16.5. The second-order valence-electron chi connectivity index (χ2n) is 16.8. The van der Waals surface area contributed by atoms with Gasteiger partial charge in [-0.2, -0.15) is 0 Å². The first-order chi connectivity index (χ1) is 31.6. The van der Waals surface area contributed by atoms with Crippen molar-refractivity contribution in [2.75, 3.05) is 60.8 Å². The quantitative estimate of drug-likeness (QED) is 0.0421. The lowest BCUT2D eigenvalue weighted by Gasteiger charge is -2.35. The van der Waals surface area contributed by atoms with Crippen molar-refractivity contribution >= 4 is 46.2 Å². The molecule has 7 rings (SSSR count). The van der Waals surface area contributed by atoms with Crippen LogP contribution >= 0.6 is 0 Å². The normalized spacial score (nSPS) is 19.7. The molecule has 3 heterocycles. The van der Waals surface area contributed by atoms with E-state index in [0.717, 1.165) is 34.5 Å². The molecule has 0 aromatic heterocycles. The minimum absolute atomic E-state index is 0.0662. The van der Waals surface area contributed by atoms with Gasteiger partial charge in [-0.1, -0.05) is 31.2 Å². The second-order valence-corrected chi connectivity index (χ2v) is 16.8. The van der Waals surface area contributed by atoms with E-state index in [1.54, 1.807) is 52.0 Å². The number of rotatable bonds is 22. The molecule has 0 bridgehead atoms. The van der Waals surface area contributed by atoms with Crippen LogP contribution in [0.2, 0.25) is 0 Å². The summed E-state index contributed by atoms with van der Waals surface area (Å²) in [6.45, 7) is 7.92. The third-order valence-corrected chi connectivity index (χ3v) is 12.5. The molecule has 3 amide bonds. The highest BCUT2D eigenvalue weighted by Crippen LogP contribution is 2.49. The van der Waals surface area contributed by atoms with E-state index in [0.29, 0.717) is 98.9 Å². The van der Waals surface area contributed by atoms with Gasteiger partial charge < -0.3 is 45.4 Å². The lowest BCUT2D eigenvalue weighted by molar-refractivity contribution is -0.139. The third-order valence-electron chi connectivity index (χ3n) is 12.5. The SMILES string of the molecule is CCOc1ccc2c(c1)CC(NCCCCO)C(=O)N2c1ccc(CN2C(=O)[C@@](O)([C@@H](C)/C=C/CCO)c3cc(N4C(=O)C(NCCCCO)Cc5cc(OCC)ccc54)ccc32)cc1. The number of aliphatic hydroxyl groups is 4. The molecular weight excluding hydrogens is 827 g/mol. The third kappa shape index (κ3) is 9.98. The summed E-state index contributed by atoms with van der Waals surface area (Å²) in [6, 6.07) is 23.2. The van der Waals surface area contributed by atoms with Gasteiger partial charge in [0.1, 0.15) is 11.5 Å². The number of nitrogens with zero attached hydrogens (tertiary/aromatic N) is 3. The number of anilines is 5. The van der Waals surface area contributed by atoms with Crippen molar-refractivity contribution in [3.8, 4) is 11.5 Å². The van der Waals surface area contributed by atoms with E-state index in [1.165, 1.54) is 0 Å². The van der Waals surface area contributed by atoms with E-state index in [-0.39, 0.29) is 38.2 Å². The van der Waals surface area contributed by atoms with E-state index in [1.807, 2.05) is 74.5 Å². The fourth-order valence-electron chi connectivity index (χ4n) is 9.12. The number of benzene rings is 4. The summed E-state index contributed by atoms with van der Waals surface area (Å²) in [7, 11) is 0. The zero-order valence-electron chi connectivity index (χ0n) is 37.7. The molecule has 14 heteroatoms. The van der Waals surface area contributed by atoms with Gasteiger partial charge in [-0.3, -0.25) is 24.2 Å². The number of unbranched alkanes of at least 4 members (excludes halogenated alkanes) is 2. The van der Waals surface area contributed by atoms with Gasteiger partial charge in [-0.05, 0) is 155 Å². The Kier molecular flexibility index (Phi) is 15.7. The van der Waals surface area contributed by atoms with Crippen LogP contribution in [0.4, 0.5) is 28.4 Å². The van der Waals surface area contributed by atoms with Gasteiger partial charge in [-0.25, -0.2) is 0 Å². The van der Waals surface area contributed by atoms with Crippen molar-refractivity contribution in [3.05, 3.63) is 113 Å². The molecule has 4 aromatic carbocycles. The molecule has 6 N–H and O–H groups in total. The Morgan fingerprint density at radius 2 is 1.22 bits per heavy atom. The maximum absolute atomic E-state index is 14.8. The Morgan fingerprint density at radius 1 is 0.692 bits per heavy atom. The monoisotopic (exact) mass is 889 g/mol. The fourth-order valence-corrected chi connectivity index (χ4v) is 9.12. The average Bonchev–Trinajstić information content (AvgIpc) is 3.52. The van der Waals surface area contributed by atoms with Crippen LogP contribution in [0.5, 0.6) is 11.5 Å². The zero-order valence-corrected chi connectivity index (χ0v) is 37.7. The molecule has 346 valence electrons. The number of hydrogen-bond acceptors (Lipinski definition) is 11.